The number of carbonyl (C=O) groups excluding carboxylic acids is 1. The van der Waals surface area contributed by atoms with Crippen LogP contribution in [-0.2, 0) is 6.54 Å². The molecule has 1 aromatic heterocycles. The standard InChI is InChI=1S/C15H10BrClN4O/c16-12-6-4-10(5-7-12)14(22)9-21-19-15(18-20-21)11-2-1-3-13(17)8-11/h1-8H,9H2. The summed E-state index contributed by atoms with van der Waals surface area (Å²) in [7, 11) is 0. The third-order valence-corrected chi connectivity index (χ3v) is 3.75. The van der Waals surface area contributed by atoms with Crippen molar-refractivity contribution in [3.05, 3.63) is 63.6 Å². The lowest BCUT2D eigenvalue weighted by Crippen LogP contribution is -2.13. The summed E-state index contributed by atoms with van der Waals surface area (Å²) in [6.07, 6.45) is 0. The molecule has 22 heavy (non-hydrogen) atoms. The Bertz CT molecular complexity index is 816. The number of aromatic nitrogens is 4. The van der Waals surface area contributed by atoms with Gasteiger partial charge in [-0.25, -0.2) is 0 Å². The van der Waals surface area contributed by atoms with Gasteiger partial charge in [-0.05, 0) is 29.5 Å². The van der Waals surface area contributed by atoms with Crippen molar-refractivity contribution in [2.45, 2.75) is 6.54 Å². The van der Waals surface area contributed by atoms with Crippen LogP contribution in [0.1, 0.15) is 10.4 Å². The van der Waals surface area contributed by atoms with Gasteiger partial charge < -0.3 is 0 Å². The molecule has 0 aliphatic heterocycles. The third kappa shape index (κ3) is 3.40. The van der Waals surface area contributed by atoms with Crippen LogP contribution in [0.25, 0.3) is 11.4 Å². The molecule has 0 saturated heterocycles. The summed E-state index contributed by atoms with van der Waals surface area (Å²) < 4.78 is 0.922. The Morgan fingerprint density at radius 3 is 2.68 bits per heavy atom. The zero-order valence-electron chi connectivity index (χ0n) is 11.3. The van der Waals surface area contributed by atoms with E-state index >= 15 is 0 Å². The normalized spacial score (nSPS) is 10.6. The zero-order chi connectivity index (χ0) is 15.5. The van der Waals surface area contributed by atoms with Gasteiger partial charge in [-0.2, -0.15) is 4.80 Å². The highest BCUT2D eigenvalue weighted by atomic mass is 79.9. The van der Waals surface area contributed by atoms with Crippen LogP contribution < -0.4 is 0 Å². The monoisotopic (exact) mass is 376 g/mol. The average molecular weight is 378 g/mol. The van der Waals surface area contributed by atoms with Gasteiger partial charge in [0.15, 0.2) is 5.78 Å². The van der Waals surface area contributed by atoms with Crippen molar-refractivity contribution in [3.8, 4) is 11.4 Å². The van der Waals surface area contributed by atoms with Crippen molar-refractivity contribution in [2.75, 3.05) is 0 Å². The van der Waals surface area contributed by atoms with Crippen molar-refractivity contribution >= 4 is 33.3 Å². The second-order valence-corrected chi connectivity index (χ2v) is 5.94. The Labute approximate surface area is 140 Å². The lowest BCUT2D eigenvalue weighted by atomic mass is 10.1. The van der Waals surface area contributed by atoms with Crippen LogP contribution in [-0.4, -0.2) is 26.0 Å². The summed E-state index contributed by atoms with van der Waals surface area (Å²) in [6.45, 7) is 0.0369. The van der Waals surface area contributed by atoms with E-state index < -0.39 is 0 Å². The fraction of sp³-hybridized carbons (Fsp3) is 0.0667. The SMILES string of the molecule is O=C(Cn1nnc(-c2cccc(Cl)c2)n1)c1ccc(Br)cc1. The van der Waals surface area contributed by atoms with Gasteiger partial charge in [-0.1, -0.05) is 51.8 Å². The Balaban J connectivity index is 1.77. The number of hydrogen-bond donors (Lipinski definition) is 0. The Kier molecular flexibility index (Phi) is 4.31. The Morgan fingerprint density at radius 1 is 1.18 bits per heavy atom. The molecule has 110 valence electrons. The minimum absolute atomic E-state index is 0.0369. The number of tetrazole rings is 1. The van der Waals surface area contributed by atoms with E-state index in [1.807, 2.05) is 24.3 Å². The van der Waals surface area contributed by atoms with Crippen molar-refractivity contribution < 1.29 is 4.79 Å². The first-order valence-corrected chi connectivity index (χ1v) is 7.61. The number of rotatable bonds is 4. The largest absolute Gasteiger partial charge is 0.292 e. The van der Waals surface area contributed by atoms with Crippen LogP contribution in [0.2, 0.25) is 5.02 Å². The van der Waals surface area contributed by atoms with Gasteiger partial charge in [-0.15, -0.1) is 10.2 Å². The van der Waals surface area contributed by atoms with E-state index in [0.717, 1.165) is 10.0 Å². The molecular formula is C15H10BrClN4O. The molecule has 3 aromatic rings. The molecule has 1 heterocycles. The first-order valence-electron chi connectivity index (χ1n) is 6.44. The molecule has 0 spiro atoms. The summed E-state index contributed by atoms with van der Waals surface area (Å²) in [4.78, 5) is 13.4. The van der Waals surface area contributed by atoms with E-state index in [9.17, 15) is 4.79 Å². The Hall–Kier alpha value is -2.05. The molecule has 0 aliphatic carbocycles. The van der Waals surface area contributed by atoms with E-state index in [4.69, 9.17) is 11.6 Å². The molecule has 0 aliphatic rings. The van der Waals surface area contributed by atoms with Gasteiger partial charge in [0.2, 0.25) is 5.82 Å². The first kappa shape index (κ1) is 14.9. The lowest BCUT2D eigenvalue weighted by molar-refractivity contribution is 0.0961. The highest BCUT2D eigenvalue weighted by Crippen LogP contribution is 2.18. The maximum Gasteiger partial charge on any atom is 0.204 e. The minimum atomic E-state index is -0.0810. The molecule has 0 bridgehead atoms. The van der Waals surface area contributed by atoms with Gasteiger partial charge >= 0.3 is 0 Å². The molecule has 0 fully saturated rings. The third-order valence-electron chi connectivity index (χ3n) is 2.99. The molecular weight excluding hydrogens is 368 g/mol. The maximum absolute atomic E-state index is 12.2. The fourth-order valence-corrected chi connectivity index (χ4v) is 2.36. The number of carbonyl (C=O) groups is 1. The van der Waals surface area contributed by atoms with E-state index in [1.165, 1.54) is 4.80 Å². The van der Waals surface area contributed by atoms with E-state index in [2.05, 4.69) is 31.3 Å². The van der Waals surface area contributed by atoms with E-state index in [1.54, 1.807) is 24.3 Å². The van der Waals surface area contributed by atoms with Crippen molar-refractivity contribution in [2.24, 2.45) is 0 Å². The van der Waals surface area contributed by atoms with Gasteiger partial charge in [0.1, 0.15) is 6.54 Å². The van der Waals surface area contributed by atoms with E-state index in [0.29, 0.717) is 16.4 Å². The number of Topliss-reactive ketones (excluding diaryl/α,β-unsaturated/α-hetero) is 1. The topological polar surface area (TPSA) is 60.7 Å². The van der Waals surface area contributed by atoms with Crippen molar-refractivity contribution in [1.29, 1.82) is 0 Å². The highest BCUT2D eigenvalue weighted by Gasteiger charge is 2.11. The maximum atomic E-state index is 12.2. The molecule has 0 unspecified atom stereocenters. The predicted molar refractivity (Wildman–Crippen MR) is 86.7 cm³/mol. The summed E-state index contributed by atoms with van der Waals surface area (Å²) in [6, 6.07) is 14.3. The van der Waals surface area contributed by atoms with Crippen LogP contribution >= 0.6 is 27.5 Å². The zero-order valence-corrected chi connectivity index (χ0v) is 13.6. The smallest absolute Gasteiger partial charge is 0.204 e. The summed E-state index contributed by atoms with van der Waals surface area (Å²) in [5.41, 5.74) is 1.36. The molecule has 2 aromatic carbocycles. The van der Waals surface area contributed by atoms with Crippen molar-refractivity contribution in [3.63, 3.8) is 0 Å². The number of benzene rings is 2. The van der Waals surface area contributed by atoms with Crippen LogP contribution in [0.5, 0.6) is 0 Å². The van der Waals surface area contributed by atoms with Crippen LogP contribution in [0.15, 0.2) is 53.0 Å². The van der Waals surface area contributed by atoms with Crippen LogP contribution in [0.4, 0.5) is 0 Å². The lowest BCUT2D eigenvalue weighted by Gasteiger charge is -2.00. The minimum Gasteiger partial charge on any atom is -0.292 e. The fourth-order valence-electron chi connectivity index (χ4n) is 1.91. The molecule has 0 radical (unpaired) electrons. The van der Waals surface area contributed by atoms with Gasteiger partial charge in [0.05, 0.1) is 0 Å². The van der Waals surface area contributed by atoms with Gasteiger partial charge in [0.25, 0.3) is 0 Å². The molecule has 7 heteroatoms. The highest BCUT2D eigenvalue weighted by molar-refractivity contribution is 9.10. The number of ketones is 1. The summed E-state index contributed by atoms with van der Waals surface area (Å²) >= 11 is 9.27. The van der Waals surface area contributed by atoms with Crippen LogP contribution in [0, 0.1) is 0 Å². The van der Waals surface area contributed by atoms with Gasteiger partial charge in [-0.3, -0.25) is 4.79 Å². The molecule has 0 amide bonds. The summed E-state index contributed by atoms with van der Waals surface area (Å²) in [5.74, 6) is 0.355. The number of hydrogen-bond acceptors (Lipinski definition) is 4. The van der Waals surface area contributed by atoms with Crippen LogP contribution in [0.3, 0.4) is 0 Å². The average Bonchev–Trinajstić information content (AvgIpc) is 2.96. The predicted octanol–water partition coefficient (Wildman–Crippen LogP) is 3.64. The van der Waals surface area contributed by atoms with Crippen molar-refractivity contribution in [1.82, 2.24) is 20.2 Å². The molecule has 0 atom stereocenters. The number of halogens is 2. The molecule has 5 nitrogen and oxygen atoms in total. The number of nitrogens with zero attached hydrogens (tertiary/aromatic N) is 4. The Morgan fingerprint density at radius 2 is 1.95 bits per heavy atom. The first-order chi connectivity index (χ1) is 10.6. The second-order valence-electron chi connectivity index (χ2n) is 4.58. The summed E-state index contributed by atoms with van der Waals surface area (Å²) in [5, 5.41) is 12.7. The molecule has 0 N–H and O–H groups in total. The second kappa shape index (κ2) is 6.37. The molecule has 0 saturated carbocycles. The van der Waals surface area contributed by atoms with Gasteiger partial charge in [0, 0.05) is 20.6 Å². The quantitative estimate of drug-likeness (QED) is 0.651. The molecule has 3 rings (SSSR count). The van der Waals surface area contributed by atoms with E-state index in [-0.39, 0.29) is 12.3 Å².